The van der Waals surface area contributed by atoms with Crippen molar-refractivity contribution in [1.82, 2.24) is 0 Å². The number of carboxylic acid groups (broad SMARTS) is 1. The monoisotopic (exact) mass is 367 g/mol. The predicted octanol–water partition coefficient (Wildman–Crippen LogP) is 3.99. The summed E-state index contributed by atoms with van der Waals surface area (Å²) in [5, 5.41) is 9.11. The van der Waals surface area contributed by atoms with E-state index < -0.39 is 5.97 Å². The van der Waals surface area contributed by atoms with Gasteiger partial charge in [-0.3, -0.25) is 4.79 Å². The molecule has 2 aromatic carbocycles. The van der Waals surface area contributed by atoms with E-state index in [2.05, 4.69) is 36.9 Å². The topological polar surface area (TPSA) is 59.0 Å². The van der Waals surface area contributed by atoms with Gasteiger partial charge < -0.3 is 19.5 Å². The van der Waals surface area contributed by atoms with Gasteiger partial charge in [-0.2, -0.15) is 0 Å². The first-order valence-electron chi connectivity index (χ1n) is 9.34. The number of hydrogen-bond donors (Lipinski definition) is 1. The Kier molecular flexibility index (Phi) is 4.25. The molecule has 2 heterocycles. The fraction of sp³-hybridized carbons (Fsp3) is 0.409. The summed E-state index contributed by atoms with van der Waals surface area (Å²) in [5.41, 5.74) is 4.31. The van der Waals surface area contributed by atoms with E-state index in [1.165, 1.54) is 5.56 Å². The maximum atomic E-state index is 11.1. The molecule has 5 heteroatoms. The molecule has 0 bridgehead atoms. The third-order valence-electron chi connectivity index (χ3n) is 5.53. The van der Waals surface area contributed by atoms with Gasteiger partial charge in [-0.05, 0) is 56.0 Å². The second-order valence-electron chi connectivity index (χ2n) is 8.00. The summed E-state index contributed by atoms with van der Waals surface area (Å²) in [6.45, 7) is 5.34. The van der Waals surface area contributed by atoms with Crippen LogP contribution in [0.2, 0.25) is 0 Å². The fourth-order valence-corrected chi connectivity index (χ4v) is 3.83. The lowest BCUT2D eigenvalue weighted by Gasteiger charge is -2.39. The van der Waals surface area contributed by atoms with E-state index in [1.54, 1.807) is 7.11 Å². The molecule has 0 aliphatic carbocycles. The van der Waals surface area contributed by atoms with E-state index in [-0.39, 0.29) is 11.5 Å². The van der Waals surface area contributed by atoms with Crippen molar-refractivity contribution in [2.45, 2.75) is 32.3 Å². The second kappa shape index (κ2) is 6.48. The minimum Gasteiger partial charge on any atom is -0.497 e. The number of carboxylic acids is 1. The van der Waals surface area contributed by atoms with Crippen LogP contribution in [0.15, 0.2) is 36.4 Å². The number of ether oxygens (including phenoxy) is 2. The summed E-state index contributed by atoms with van der Waals surface area (Å²) < 4.78 is 11.7. The molecular weight excluding hydrogens is 342 g/mol. The highest BCUT2D eigenvalue weighted by atomic mass is 16.5. The van der Waals surface area contributed by atoms with Crippen molar-refractivity contribution < 1.29 is 19.4 Å². The zero-order valence-corrected chi connectivity index (χ0v) is 16.0. The van der Waals surface area contributed by atoms with Crippen LogP contribution in [0.5, 0.6) is 11.5 Å². The van der Waals surface area contributed by atoms with Gasteiger partial charge in [0.05, 0.1) is 13.0 Å². The van der Waals surface area contributed by atoms with E-state index in [4.69, 9.17) is 14.6 Å². The molecule has 0 spiro atoms. The third-order valence-corrected chi connectivity index (χ3v) is 5.53. The van der Waals surface area contributed by atoms with E-state index in [0.717, 1.165) is 41.2 Å². The first-order valence-corrected chi connectivity index (χ1v) is 9.34. The first kappa shape index (κ1) is 17.7. The zero-order valence-electron chi connectivity index (χ0n) is 16.0. The third kappa shape index (κ3) is 3.34. The molecule has 1 N–H and O–H groups in total. The van der Waals surface area contributed by atoms with E-state index in [1.807, 2.05) is 18.2 Å². The van der Waals surface area contributed by atoms with Crippen LogP contribution < -0.4 is 14.4 Å². The Morgan fingerprint density at radius 1 is 1.26 bits per heavy atom. The summed E-state index contributed by atoms with van der Waals surface area (Å²) in [4.78, 5) is 13.2. The summed E-state index contributed by atoms with van der Waals surface area (Å²) in [5.74, 6) is 0.681. The van der Waals surface area contributed by atoms with Crippen LogP contribution in [0.3, 0.4) is 0 Å². The Labute approximate surface area is 159 Å². The van der Waals surface area contributed by atoms with Crippen molar-refractivity contribution in [3.05, 3.63) is 42.0 Å². The van der Waals surface area contributed by atoms with E-state index in [9.17, 15) is 4.79 Å². The van der Waals surface area contributed by atoms with Gasteiger partial charge in [0.2, 0.25) is 0 Å². The van der Waals surface area contributed by atoms with Crippen LogP contribution >= 0.6 is 0 Å². The van der Waals surface area contributed by atoms with E-state index >= 15 is 0 Å². The van der Waals surface area contributed by atoms with Crippen molar-refractivity contribution >= 4 is 11.7 Å². The van der Waals surface area contributed by atoms with Crippen LogP contribution in [0, 0.1) is 5.92 Å². The zero-order chi connectivity index (χ0) is 19.2. The Hall–Kier alpha value is -2.69. The van der Waals surface area contributed by atoms with Crippen LogP contribution in [0.4, 0.5) is 5.69 Å². The molecule has 142 valence electrons. The molecule has 1 fully saturated rings. The van der Waals surface area contributed by atoms with Gasteiger partial charge in [0, 0.05) is 30.4 Å². The Morgan fingerprint density at radius 3 is 2.74 bits per heavy atom. The molecule has 2 aliphatic rings. The van der Waals surface area contributed by atoms with Crippen LogP contribution in [-0.4, -0.2) is 36.9 Å². The molecule has 4 rings (SSSR count). The number of nitrogens with zero attached hydrogens (tertiary/aromatic N) is 1. The van der Waals surface area contributed by atoms with Crippen molar-refractivity contribution in [2.24, 2.45) is 5.92 Å². The molecule has 5 nitrogen and oxygen atoms in total. The van der Waals surface area contributed by atoms with Gasteiger partial charge in [0.25, 0.3) is 0 Å². The minimum atomic E-state index is -0.718. The van der Waals surface area contributed by atoms with Gasteiger partial charge >= 0.3 is 5.97 Å². The van der Waals surface area contributed by atoms with Crippen molar-refractivity contribution in [3.63, 3.8) is 0 Å². The predicted molar refractivity (Wildman–Crippen MR) is 105 cm³/mol. The SMILES string of the molecule is COc1cc2c(c(-c3cccc(N4CC(C(=O)O)C4)c3)c1)CCC(C)(C)O2. The normalized spacial score (nSPS) is 18.3. The molecule has 0 amide bonds. The van der Waals surface area contributed by atoms with Gasteiger partial charge in [0.1, 0.15) is 17.1 Å². The molecule has 27 heavy (non-hydrogen) atoms. The molecule has 0 saturated carbocycles. The van der Waals surface area contributed by atoms with Gasteiger partial charge in [0.15, 0.2) is 0 Å². The highest BCUT2D eigenvalue weighted by molar-refractivity contribution is 5.78. The number of anilines is 1. The number of methoxy groups -OCH3 is 1. The molecule has 0 radical (unpaired) electrons. The lowest BCUT2D eigenvalue weighted by molar-refractivity contribution is -0.142. The van der Waals surface area contributed by atoms with Gasteiger partial charge in [-0.1, -0.05) is 12.1 Å². The molecule has 1 saturated heterocycles. The Balaban J connectivity index is 1.70. The molecule has 0 atom stereocenters. The number of carbonyl (C=O) groups is 1. The second-order valence-corrected chi connectivity index (χ2v) is 8.00. The lowest BCUT2D eigenvalue weighted by atomic mass is 9.88. The van der Waals surface area contributed by atoms with Crippen LogP contribution in [0.1, 0.15) is 25.8 Å². The quantitative estimate of drug-likeness (QED) is 0.886. The summed E-state index contributed by atoms with van der Waals surface area (Å²) in [6, 6.07) is 12.3. The highest BCUT2D eigenvalue weighted by Gasteiger charge is 2.33. The van der Waals surface area contributed by atoms with Crippen molar-refractivity contribution in [3.8, 4) is 22.6 Å². The summed E-state index contributed by atoms with van der Waals surface area (Å²) >= 11 is 0. The average Bonchev–Trinajstić information content (AvgIpc) is 2.58. The minimum absolute atomic E-state index is 0.179. The number of rotatable bonds is 4. The molecule has 2 aromatic rings. The first-order chi connectivity index (χ1) is 12.9. The number of hydrogen-bond acceptors (Lipinski definition) is 4. The summed E-state index contributed by atoms with van der Waals surface area (Å²) in [7, 11) is 1.67. The van der Waals surface area contributed by atoms with Gasteiger partial charge in [-0.15, -0.1) is 0 Å². The maximum Gasteiger partial charge on any atom is 0.310 e. The standard InChI is InChI=1S/C22H25NO4/c1-22(2)8-7-18-19(10-17(26-3)11-20(18)27-22)14-5-4-6-16(9-14)23-12-15(13-23)21(24)25/h4-6,9-11,15H,7-8,12-13H2,1-3H3,(H,24,25). The molecule has 2 aliphatic heterocycles. The average molecular weight is 367 g/mol. The summed E-state index contributed by atoms with van der Waals surface area (Å²) in [6.07, 6.45) is 1.92. The smallest absolute Gasteiger partial charge is 0.310 e. The van der Waals surface area contributed by atoms with Crippen molar-refractivity contribution in [1.29, 1.82) is 0 Å². The number of fused-ring (bicyclic) bond motifs is 1. The van der Waals surface area contributed by atoms with Gasteiger partial charge in [-0.25, -0.2) is 0 Å². The molecular formula is C22H25NO4. The number of benzene rings is 2. The fourth-order valence-electron chi connectivity index (χ4n) is 3.83. The largest absolute Gasteiger partial charge is 0.497 e. The lowest BCUT2D eigenvalue weighted by Crippen LogP contribution is -2.50. The Morgan fingerprint density at radius 2 is 2.04 bits per heavy atom. The van der Waals surface area contributed by atoms with E-state index in [0.29, 0.717) is 13.1 Å². The number of aliphatic carboxylic acids is 1. The van der Waals surface area contributed by atoms with Crippen molar-refractivity contribution in [2.75, 3.05) is 25.1 Å². The molecule has 0 aromatic heterocycles. The van der Waals surface area contributed by atoms with Crippen LogP contribution in [0.25, 0.3) is 11.1 Å². The van der Waals surface area contributed by atoms with Crippen LogP contribution in [-0.2, 0) is 11.2 Å². The molecule has 0 unspecified atom stereocenters. The maximum absolute atomic E-state index is 11.1. The Bertz CT molecular complexity index is 884. The highest BCUT2D eigenvalue weighted by Crippen LogP contribution is 2.42.